The van der Waals surface area contributed by atoms with E-state index in [1.165, 1.54) is 33.0 Å². The predicted molar refractivity (Wildman–Crippen MR) is 136 cm³/mol. The fourth-order valence-electron chi connectivity index (χ4n) is 4.52. The van der Waals surface area contributed by atoms with Crippen molar-refractivity contribution in [1.82, 2.24) is 0 Å². The number of hydrogen-bond donors (Lipinski definition) is 0. The van der Waals surface area contributed by atoms with Gasteiger partial charge in [0.1, 0.15) is 12.4 Å². The highest BCUT2D eigenvalue weighted by molar-refractivity contribution is 6.71. The van der Waals surface area contributed by atoms with Gasteiger partial charge in [0.15, 0.2) is 0 Å². The van der Waals surface area contributed by atoms with Crippen molar-refractivity contribution in [2.75, 3.05) is 6.61 Å². The van der Waals surface area contributed by atoms with E-state index in [1.807, 2.05) is 6.08 Å². The summed E-state index contributed by atoms with van der Waals surface area (Å²) in [5, 5.41) is 1.52. The maximum absolute atomic E-state index is 6.48. The average Bonchev–Trinajstić information content (AvgIpc) is 3.09. The molecule has 1 nitrogen and oxygen atoms in total. The Balaban J connectivity index is 2.86. The molecule has 0 N–H and O–H groups in total. The monoisotopic (exact) mass is 423 g/mol. The van der Waals surface area contributed by atoms with E-state index in [-0.39, 0.29) is 16.2 Å². The van der Waals surface area contributed by atoms with Crippen LogP contribution in [0.4, 0.5) is 0 Å². The Kier molecular flexibility index (Phi) is 7.03. The number of ether oxygens (including phenoxy) is 1. The quantitative estimate of drug-likeness (QED) is 0.342. The minimum absolute atomic E-state index is 0.00940. The topological polar surface area (TPSA) is 9.23 Å². The zero-order chi connectivity index (χ0) is 23.1. The molecule has 1 aliphatic carbocycles. The lowest BCUT2D eigenvalue weighted by Gasteiger charge is -2.36. The van der Waals surface area contributed by atoms with Crippen molar-refractivity contribution >= 4 is 14.0 Å². The molecule has 1 radical (unpaired) electrons. The third-order valence-electron chi connectivity index (χ3n) is 6.31. The summed E-state index contributed by atoms with van der Waals surface area (Å²) in [5.74, 6) is 1.08. The Labute approximate surface area is 187 Å². The lowest BCUT2D eigenvalue weighted by atomic mass is 9.73. The largest absolute Gasteiger partial charge is 0.489 e. The van der Waals surface area contributed by atoms with E-state index in [0.717, 1.165) is 12.2 Å². The summed E-state index contributed by atoms with van der Waals surface area (Å²) in [6, 6.07) is 2.38. The minimum atomic E-state index is -0.686. The Bertz CT molecular complexity index is 867. The van der Waals surface area contributed by atoms with Crippen LogP contribution in [0.3, 0.4) is 0 Å². The molecule has 0 aromatic heterocycles. The molecule has 0 fully saturated rings. The van der Waals surface area contributed by atoms with Crippen LogP contribution in [0.25, 0.3) is 0 Å². The van der Waals surface area contributed by atoms with Gasteiger partial charge in [-0.25, -0.2) is 0 Å². The minimum Gasteiger partial charge on any atom is -0.489 e. The molecule has 30 heavy (non-hydrogen) atoms. The number of rotatable bonds is 6. The second-order valence-electron chi connectivity index (χ2n) is 11.6. The van der Waals surface area contributed by atoms with Crippen LogP contribution in [-0.4, -0.2) is 15.4 Å². The van der Waals surface area contributed by atoms with Crippen LogP contribution < -0.4 is 9.92 Å². The first-order valence-corrected chi connectivity index (χ1v) is 13.8. The SMILES string of the molecule is C=CCOc1c(C(C)(C)C)cc(C)c([Si](C)C)c1C(C)(C)C1=CCC(C(C)(C)C)=C1. The van der Waals surface area contributed by atoms with Crippen molar-refractivity contribution in [3.8, 4) is 5.75 Å². The van der Waals surface area contributed by atoms with Crippen molar-refractivity contribution in [3.63, 3.8) is 0 Å². The van der Waals surface area contributed by atoms with Crippen molar-refractivity contribution in [2.24, 2.45) is 5.41 Å². The molecule has 0 unspecified atom stereocenters. The molecule has 1 aromatic carbocycles. The van der Waals surface area contributed by atoms with Gasteiger partial charge in [0.2, 0.25) is 0 Å². The van der Waals surface area contributed by atoms with Crippen LogP contribution in [0.5, 0.6) is 5.75 Å². The van der Waals surface area contributed by atoms with Crippen LogP contribution in [-0.2, 0) is 10.8 Å². The molecule has 165 valence electrons. The van der Waals surface area contributed by atoms with Crippen molar-refractivity contribution in [2.45, 2.75) is 92.7 Å². The predicted octanol–water partition coefficient (Wildman–Crippen LogP) is 7.40. The number of benzene rings is 1. The van der Waals surface area contributed by atoms with E-state index in [2.05, 4.69) is 100 Å². The molecule has 0 saturated heterocycles. The van der Waals surface area contributed by atoms with E-state index >= 15 is 0 Å². The van der Waals surface area contributed by atoms with Gasteiger partial charge in [0, 0.05) is 16.5 Å². The fourth-order valence-corrected chi connectivity index (χ4v) is 6.30. The number of allylic oxidation sites excluding steroid dienone is 4. The molecule has 0 heterocycles. The van der Waals surface area contributed by atoms with Gasteiger partial charge >= 0.3 is 0 Å². The standard InChI is InChI=1S/C28H43OSi/c1-13-16-29-24-22(27(6,7)8)17-19(2)25(30(11)12)23(24)28(9,10)21-15-14-20(18-21)26(3,4)5/h13,15,17-18H,1,14,16H2,2-12H3. The lowest BCUT2D eigenvalue weighted by Crippen LogP contribution is -2.38. The maximum atomic E-state index is 6.48. The smallest absolute Gasteiger partial charge is 0.127 e. The Morgan fingerprint density at radius 2 is 1.63 bits per heavy atom. The second kappa shape index (κ2) is 8.53. The summed E-state index contributed by atoms with van der Waals surface area (Å²) in [4.78, 5) is 0. The number of aryl methyl sites for hydroxylation is 1. The van der Waals surface area contributed by atoms with Gasteiger partial charge in [0.25, 0.3) is 0 Å². The van der Waals surface area contributed by atoms with Crippen LogP contribution in [0.15, 0.2) is 42.0 Å². The van der Waals surface area contributed by atoms with Gasteiger partial charge in [-0.15, -0.1) is 0 Å². The molecule has 0 amide bonds. The van der Waals surface area contributed by atoms with Gasteiger partial charge in [-0.2, -0.15) is 0 Å². The summed E-state index contributed by atoms with van der Waals surface area (Å²) in [6.45, 7) is 30.1. The zero-order valence-electron chi connectivity index (χ0n) is 21.3. The normalized spacial score (nSPS) is 15.3. The maximum Gasteiger partial charge on any atom is 0.127 e. The summed E-state index contributed by atoms with van der Waals surface area (Å²) in [6.07, 6.45) is 7.81. The highest BCUT2D eigenvalue weighted by atomic mass is 28.3. The highest BCUT2D eigenvalue weighted by Gasteiger charge is 2.37. The van der Waals surface area contributed by atoms with Gasteiger partial charge in [-0.1, -0.05) is 116 Å². The molecule has 1 aromatic rings. The first-order valence-electron chi connectivity index (χ1n) is 11.3. The van der Waals surface area contributed by atoms with Gasteiger partial charge in [0.05, 0.1) is 8.80 Å². The van der Waals surface area contributed by atoms with Crippen LogP contribution in [0.1, 0.15) is 78.5 Å². The third kappa shape index (κ3) is 4.85. The Morgan fingerprint density at radius 1 is 1.03 bits per heavy atom. The van der Waals surface area contributed by atoms with Crippen LogP contribution >= 0.6 is 0 Å². The van der Waals surface area contributed by atoms with E-state index in [1.54, 1.807) is 0 Å². The summed E-state index contributed by atoms with van der Waals surface area (Å²) < 4.78 is 6.48. The van der Waals surface area contributed by atoms with Crippen molar-refractivity contribution < 1.29 is 4.74 Å². The molecular formula is C28H43OSi. The molecule has 0 bridgehead atoms. The van der Waals surface area contributed by atoms with Crippen LogP contribution in [0.2, 0.25) is 13.1 Å². The third-order valence-corrected chi connectivity index (χ3v) is 7.96. The molecule has 0 aliphatic heterocycles. The molecule has 1 aliphatic rings. The zero-order valence-corrected chi connectivity index (χ0v) is 22.3. The fraction of sp³-hybridized carbons (Fsp3) is 0.571. The van der Waals surface area contributed by atoms with Gasteiger partial charge < -0.3 is 4.74 Å². The number of hydrogen-bond acceptors (Lipinski definition) is 1. The molecule has 0 saturated carbocycles. The molecule has 2 rings (SSSR count). The second-order valence-corrected chi connectivity index (χ2v) is 14.1. The average molecular weight is 424 g/mol. The van der Waals surface area contributed by atoms with Gasteiger partial charge in [-0.3, -0.25) is 0 Å². The van der Waals surface area contributed by atoms with E-state index in [0.29, 0.717) is 6.61 Å². The van der Waals surface area contributed by atoms with E-state index < -0.39 is 8.80 Å². The summed E-state index contributed by atoms with van der Waals surface area (Å²) in [7, 11) is -0.686. The van der Waals surface area contributed by atoms with E-state index in [9.17, 15) is 0 Å². The molecule has 0 atom stereocenters. The first kappa shape index (κ1) is 24.7. The van der Waals surface area contributed by atoms with Gasteiger partial charge in [-0.05, 0) is 29.7 Å². The highest BCUT2D eigenvalue weighted by Crippen LogP contribution is 2.46. The Hall–Kier alpha value is -1.54. The summed E-state index contributed by atoms with van der Waals surface area (Å²) in [5.41, 5.74) is 7.14. The lowest BCUT2D eigenvalue weighted by molar-refractivity contribution is 0.341. The van der Waals surface area contributed by atoms with Crippen LogP contribution in [0, 0.1) is 12.3 Å². The van der Waals surface area contributed by atoms with E-state index in [4.69, 9.17) is 4.74 Å². The molecule has 0 spiro atoms. The van der Waals surface area contributed by atoms with Crippen molar-refractivity contribution in [3.05, 3.63) is 58.7 Å². The molecule has 2 heteroatoms. The first-order chi connectivity index (χ1) is 13.6. The Morgan fingerprint density at radius 3 is 2.07 bits per heavy atom. The van der Waals surface area contributed by atoms with Crippen molar-refractivity contribution in [1.29, 1.82) is 0 Å². The summed E-state index contributed by atoms with van der Waals surface area (Å²) >= 11 is 0. The molecular weight excluding hydrogens is 380 g/mol.